The van der Waals surface area contributed by atoms with Gasteiger partial charge in [0.15, 0.2) is 5.96 Å². The van der Waals surface area contributed by atoms with E-state index in [4.69, 9.17) is 0 Å². The zero-order valence-electron chi connectivity index (χ0n) is 16.9. The lowest BCUT2D eigenvalue weighted by Gasteiger charge is -2.20. The van der Waals surface area contributed by atoms with Crippen molar-refractivity contribution >= 4 is 50.7 Å². The van der Waals surface area contributed by atoms with Crippen molar-refractivity contribution in [3.63, 3.8) is 0 Å². The second-order valence-corrected chi connectivity index (χ2v) is 8.29. The Balaban J connectivity index is 0.00000320. The molecule has 0 fully saturated rings. The van der Waals surface area contributed by atoms with E-state index in [2.05, 4.69) is 56.5 Å². The van der Waals surface area contributed by atoms with Gasteiger partial charge >= 0.3 is 0 Å². The normalized spacial score (nSPS) is 12.8. The molecule has 0 radical (unpaired) electrons. The summed E-state index contributed by atoms with van der Waals surface area (Å²) < 4.78 is 27.0. The summed E-state index contributed by atoms with van der Waals surface area (Å²) in [6, 6.07) is 17.6. The molecule has 0 aliphatic carbocycles. The summed E-state index contributed by atoms with van der Waals surface area (Å²) in [5.74, 6) is 0.603. The first-order valence-electron chi connectivity index (χ1n) is 9.36. The number of nitrogens with one attached hydrogen (secondary N) is 3. The fourth-order valence-electron chi connectivity index (χ4n) is 3.06. The number of sulfonamides is 1. The highest BCUT2D eigenvalue weighted by atomic mass is 127. The van der Waals surface area contributed by atoms with Crippen LogP contribution in [0.15, 0.2) is 76.9 Å². The minimum Gasteiger partial charge on any atom is -0.355 e. The maximum absolute atomic E-state index is 12.2. The van der Waals surface area contributed by atoms with Crippen LogP contribution in [0, 0.1) is 0 Å². The van der Waals surface area contributed by atoms with E-state index in [0.29, 0.717) is 12.5 Å². The number of pyridine rings is 1. The van der Waals surface area contributed by atoms with Crippen molar-refractivity contribution in [3.8, 4) is 0 Å². The molecule has 3 rings (SSSR count). The summed E-state index contributed by atoms with van der Waals surface area (Å²) in [7, 11) is -1.88. The van der Waals surface area contributed by atoms with Crippen LogP contribution in [-0.4, -0.2) is 39.5 Å². The molecule has 0 aliphatic heterocycles. The van der Waals surface area contributed by atoms with Crippen LogP contribution >= 0.6 is 24.0 Å². The van der Waals surface area contributed by atoms with Gasteiger partial charge in [-0.3, -0.25) is 9.98 Å². The Hall–Kier alpha value is -2.24. The highest BCUT2D eigenvalue weighted by molar-refractivity contribution is 14.0. The number of hydrogen-bond acceptors (Lipinski definition) is 4. The molecule has 0 spiro atoms. The zero-order valence-corrected chi connectivity index (χ0v) is 20.0. The topological polar surface area (TPSA) is 95.5 Å². The summed E-state index contributed by atoms with van der Waals surface area (Å²) in [6.45, 7) is 2.68. The van der Waals surface area contributed by atoms with Crippen LogP contribution in [0.1, 0.15) is 18.5 Å². The molecule has 1 unspecified atom stereocenters. The zero-order chi connectivity index (χ0) is 20.7. The lowest BCUT2D eigenvalue weighted by Crippen LogP contribution is -2.42. The average Bonchev–Trinajstić information content (AvgIpc) is 2.76. The van der Waals surface area contributed by atoms with Crippen molar-refractivity contribution in [2.45, 2.75) is 17.9 Å². The van der Waals surface area contributed by atoms with E-state index in [1.54, 1.807) is 13.1 Å². The van der Waals surface area contributed by atoms with Crippen molar-refractivity contribution in [3.05, 3.63) is 72.6 Å². The van der Waals surface area contributed by atoms with E-state index in [9.17, 15) is 8.42 Å². The largest absolute Gasteiger partial charge is 0.355 e. The maximum Gasteiger partial charge on any atom is 0.242 e. The predicted molar refractivity (Wildman–Crippen MR) is 132 cm³/mol. The van der Waals surface area contributed by atoms with Gasteiger partial charge < -0.3 is 10.6 Å². The van der Waals surface area contributed by atoms with Gasteiger partial charge in [-0.1, -0.05) is 42.5 Å². The Morgan fingerprint density at radius 1 is 1.07 bits per heavy atom. The molecule has 0 bridgehead atoms. The highest BCUT2D eigenvalue weighted by Gasteiger charge is 2.14. The number of aliphatic imine (C=N–C) groups is 1. The lowest BCUT2D eigenvalue weighted by molar-refractivity contribution is 0.579. The third-order valence-corrected chi connectivity index (χ3v) is 5.97. The minimum absolute atomic E-state index is 0. The predicted octanol–water partition coefficient (Wildman–Crippen LogP) is 3.06. The number of halogens is 1. The summed E-state index contributed by atoms with van der Waals surface area (Å²) >= 11 is 0. The van der Waals surface area contributed by atoms with Crippen molar-refractivity contribution in [1.82, 2.24) is 20.3 Å². The molecule has 30 heavy (non-hydrogen) atoms. The molecule has 3 aromatic rings. The first-order chi connectivity index (χ1) is 14.0. The molecule has 3 N–H and O–H groups in total. The monoisotopic (exact) mass is 539 g/mol. The fraction of sp³-hybridized carbons (Fsp3) is 0.238. The van der Waals surface area contributed by atoms with Gasteiger partial charge in [-0.2, -0.15) is 0 Å². The van der Waals surface area contributed by atoms with Crippen LogP contribution in [0.3, 0.4) is 0 Å². The van der Waals surface area contributed by atoms with E-state index >= 15 is 0 Å². The Bertz CT molecular complexity index is 1090. The Kier molecular flexibility index (Phi) is 9.00. The molecule has 1 heterocycles. The molecule has 0 aliphatic rings. The number of fused-ring (bicyclic) bond motifs is 1. The molecule has 1 atom stereocenters. The van der Waals surface area contributed by atoms with Crippen LogP contribution in [-0.2, 0) is 10.0 Å². The minimum atomic E-state index is -3.57. The van der Waals surface area contributed by atoms with E-state index in [0.717, 1.165) is 0 Å². The molecular weight excluding hydrogens is 513 g/mol. The molecule has 7 nitrogen and oxygen atoms in total. The van der Waals surface area contributed by atoms with Gasteiger partial charge in [0.1, 0.15) is 4.90 Å². The third kappa shape index (κ3) is 6.13. The summed E-state index contributed by atoms with van der Waals surface area (Å²) in [4.78, 5) is 8.22. The molecule has 1 aromatic heterocycles. The Morgan fingerprint density at radius 2 is 1.83 bits per heavy atom. The number of rotatable bonds is 7. The summed E-state index contributed by atoms with van der Waals surface area (Å²) in [6.07, 6.45) is 2.86. The van der Waals surface area contributed by atoms with Gasteiger partial charge in [-0.05, 0) is 35.4 Å². The summed E-state index contributed by atoms with van der Waals surface area (Å²) in [5.41, 5.74) is 1.17. The number of aromatic nitrogens is 1. The Morgan fingerprint density at radius 3 is 2.57 bits per heavy atom. The fourth-order valence-corrected chi connectivity index (χ4v) is 4.06. The number of guanidine groups is 1. The van der Waals surface area contributed by atoms with Gasteiger partial charge in [0.25, 0.3) is 0 Å². The molecule has 2 aromatic carbocycles. The Labute approximate surface area is 194 Å². The summed E-state index contributed by atoms with van der Waals surface area (Å²) in [5, 5.41) is 8.87. The first kappa shape index (κ1) is 24.0. The van der Waals surface area contributed by atoms with Crippen molar-refractivity contribution in [2.75, 3.05) is 20.1 Å². The number of hydrogen-bond donors (Lipinski definition) is 3. The average molecular weight is 539 g/mol. The van der Waals surface area contributed by atoms with Crippen LogP contribution in [0.5, 0.6) is 0 Å². The number of benzene rings is 2. The van der Waals surface area contributed by atoms with Crippen molar-refractivity contribution in [2.24, 2.45) is 4.99 Å². The molecule has 160 valence electrons. The van der Waals surface area contributed by atoms with Crippen LogP contribution in [0.25, 0.3) is 10.8 Å². The van der Waals surface area contributed by atoms with Gasteiger partial charge in [0, 0.05) is 32.5 Å². The standard InChI is InChI=1S/C21H25N5O2S.HI/c1-16(19-11-5-8-17-7-3-4-10-20(17)19)26-21(22-2)24-13-14-25-29(27,28)18-9-6-12-23-15-18;/h3-12,15-16,25H,13-14H2,1-2H3,(H2,22,24,26);1H. The van der Waals surface area contributed by atoms with Crippen LogP contribution < -0.4 is 15.4 Å². The van der Waals surface area contributed by atoms with Crippen LogP contribution in [0.4, 0.5) is 0 Å². The second-order valence-electron chi connectivity index (χ2n) is 6.52. The van der Waals surface area contributed by atoms with Crippen molar-refractivity contribution < 1.29 is 8.42 Å². The van der Waals surface area contributed by atoms with Gasteiger partial charge in [-0.15, -0.1) is 24.0 Å². The molecule has 0 saturated heterocycles. The highest BCUT2D eigenvalue weighted by Crippen LogP contribution is 2.23. The van der Waals surface area contributed by atoms with Crippen LogP contribution in [0.2, 0.25) is 0 Å². The molecule has 9 heteroatoms. The molecule has 0 saturated carbocycles. The lowest BCUT2D eigenvalue weighted by atomic mass is 10.00. The third-order valence-electron chi connectivity index (χ3n) is 4.52. The van der Waals surface area contributed by atoms with E-state index in [1.165, 1.54) is 34.8 Å². The van der Waals surface area contributed by atoms with E-state index < -0.39 is 10.0 Å². The first-order valence-corrected chi connectivity index (χ1v) is 10.8. The molecule has 0 amide bonds. The second kappa shape index (κ2) is 11.2. The SMILES string of the molecule is CN=C(NCCNS(=O)(=O)c1cccnc1)NC(C)c1cccc2ccccc12.I. The van der Waals surface area contributed by atoms with Crippen molar-refractivity contribution in [1.29, 1.82) is 0 Å². The quantitative estimate of drug-likeness (QED) is 0.186. The van der Waals surface area contributed by atoms with E-state index in [1.807, 2.05) is 18.2 Å². The van der Waals surface area contributed by atoms with Gasteiger partial charge in [0.05, 0.1) is 6.04 Å². The van der Waals surface area contributed by atoms with Gasteiger partial charge in [0.2, 0.25) is 10.0 Å². The van der Waals surface area contributed by atoms with Gasteiger partial charge in [-0.25, -0.2) is 13.1 Å². The molecular formula is C21H26IN5O2S. The van der Waals surface area contributed by atoms with E-state index in [-0.39, 0.29) is 41.5 Å². The maximum atomic E-state index is 12.2. The smallest absolute Gasteiger partial charge is 0.242 e. The number of nitrogens with zero attached hydrogens (tertiary/aromatic N) is 2.